The summed E-state index contributed by atoms with van der Waals surface area (Å²) in [6.07, 6.45) is 12.6. The van der Waals surface area contributed by atoms with Crippen LogP contribution in [0.1, 0.15) is 88.7 Å². The van der Waals surface area contributed by atoms with Gasteiger partial charge in [0, 0.05) is 82.7 Å². The highest BCUT2D eigenvalue weighted by atomic mass is 16.5. The zero-order valence-corrected chi connectivity index (χ0v) is 27.7. The number of pyridine rings is 1. The lowest BCUT2D eigenvalue weighted by Gasteiger charge is -2.28. The van der Waals surface area contributed by atoms with Crippen LogP contribution in [0.3, 0.4) is 0 Å². The van der Waals surface area contributed by atoms with Crippen molar-refractivity contribution in [3.63, 3.8) is 0 Å². The van der Waals surface area contributed by atoms with Crippen molar-refractivity contribution in [1.29, 1.82) is 0 Å². The number of amides is 4. The van der Waals surface area contributed by atoms with E-state index in [9.17, 15) is 19.2 Å². The largest absolute Gasteiger partial charge is 0.381 e. The van der Waals surface area contributed by atoms with Gasteiger partial charge in [-0.3, -0.25) is 24.2 Å². The number of nitrogens with one attached hydrogen (secondary N) is 5. The Balaban J connectivity index is 0.984. The molecule has 1 aromatic rings. The predicted octanol–water partition coefficient (Wildman–Crippen LogP) is 1.23. The van der Waals surface area contributed by atoms with Gasteiger partial charge in [-0.15, -0.1) is 0 Å². The number of ether oxygens (including phenoxy) is 2. The number of aromatic nitrogens is 1. The summed E-state index contributed by atoms with van der Waals surface area (Å²) >= 11 is 0. The lowest BCUT2D eigenvalue weighted by atomic mass is 9.85. The van der Waals surface area contributed by atoms with Crippen LogP contribution in [0.25, 0.3) is 0 Å². The second kappa shape index (κ2) is 20.3. The summed E-state index contributed by atoms with van der Waals surface area (Å²) in [5.74, 6) is -0.518. The van der Waals surface area contributed by atoms with Crippen LogP contribution in [-0.2, 0) is 28.7 Å². The summed E-state index contributed by atoms with van der Waals surface area (Å²) in [4.78, 5) is 53.9. The van der Waals surface area contributed by atoms with Gasteiger partial charge in [0.2, 0.25) is 23.6 Å². The minimum Gasteiger partial charge on any atom is -0.381 e. The average molecular weight is 658 g/mol. The third kappa shape index (κ3) is 12.8. The Hall–Kier alpha value is -3.13. The van der Waals surface area contributed by atoms with Crippen LogP contribution in [0.15, 0.2) is 24.5 Å². The Labute approximate surface area is 278 Å². The van der Waals surface area contributed by atoms with Crippen LogP contribution in [0.4, 0.5) is 0 Å². The van der Waals surface area contributed by atoms with Gasteiger partial charge < -0.3 is 41.8 Å². The molecule has 1 aliphatic heterocycles. The molecule has 2 heterocycles. The standard InChI is InChI=1S/C34H55N7O6/c35-13-3-18-46-19-4-15-38-33(44)24-7-9-26(10-8-24)40-30(42)6-2-20-47-28-12-11-27(21-28)37-16-17-39-34(45)29-22-31(43)41-32(29)25-5-1-14-36-23-25/h1,5,14,23-24,26-29,32,37H,2-4,6-13,15-22,35H2,(H,38,44)(H,39,45)(H,40,42)(H,41,43)/t24?,26?,27-,28-,29-,32+/m0/s1. The maximum absolute atomic E-state index is 12.8. The first-order chi connectivity index (χ1) is 22.9. The molecule has 4 rings (SSSR count). The van der Waals surface area contributed by atoms with Gasteiger partial charge in [-0.25, -0.2) is 0 Å². The molecule has 4 amide bonds. The molecule has 4 atom stereocenters. The molecule has 0 bridgehead atoms. The summed E-state index contributed by atoms with van der Waals surface area (Å²) < 4.78 is 11.5. The summed E-state index contributed by atoms with van der Waals surface area (Å²) in [5, 5.41) is 15.5. The highest BCUT2D eigenvalue weighted by Crippen LogP contribution is 2.30. The van der Waals surface area contributed by atoms with E-state index >= 15 is 0 Å². The van der Waals surface area contributed by atoms with Crippen molar-refractivity contribution in [3.05, 3.63) is 30.1 Å². The molecule has 0 aromatic carbocycles. The molecule has 1 aromatic heterocycles. The number of hydrogen-bond acceptors (Lipinski definition) is 9. The van der Waals surface area contributed by atoms with Gasteiger partial charge in [0.15, 0.2) is 0 Å². The summed E-state index contributed by atoms with van der Waals surface area (Å²) in [7, 11) is 0. The van der Waals surface area contributed by atoms with Crippen LogP contribution in [0.5, 0.6) is 0 Å². The molecule has 13 nitrogen and oxygen atoms in total. The van der Waals surface area contributed by atoms with E-state index in [1.54, 1.807) is 18.5 Å². The number of carbonyl (C=O) groups excluding carboxylic acids is 4. The van der Waals surface area contributed by atoms with Crippen molar-refractivity contribution in [2.45, 2.75) is 101 Å². The van der Waals surface area contributed by atoms with E-state index in [1.165, 1.54) is 0 Å². The SMILES string of the molecule is NCCCOCCCNC(=O)C1CCC(NC(=O)CCCO[C@H]2CC[C@H](NCCNC(=O)[C@H]3CC(=O)N[C@@H]3c3cccnc3)C2)CC1. The Morgan fingerprint density at radius 3 is 2.49 bits per heavy atom. The zero-order valence-electron chi connectivity index (χ0n) is 27.7. The van der Waals surface area contributed by atoms with Crippen molar-refractivity contribution in [1.82, 2.24) is 31.6 Å². The van der Waals surface area contributed by atoms with Crippen molar-refractivity contribution in [2.75, 3.05) is 46.0 Å². The molecule has 3 aliphatic rings. The molecule has 0 radical (unpaired) electrons. The van der Waals surface area contributed by atoms with Crippen LogP contribution >= 0.6 is 0 Å². The Kier molecular flexibility index (Phi) is 15.8. The number of nitrogens with zero attached hydrogens (tertiary/aromatic N) is 1. The summed E-state index contributed by atoms with van der Waals surface area (Å²) in [6, 6.07) is 3.79. The normalized spacial score (nSPS) is 25.7. The van der Waals surface area contributed by atoms with Gasteiger partial charge in [0.25, 0.3) is 0 Å². The molecule has 0 spiro atoms. The van der Waals surface area contributed by atoms with Crippen LogP contribution < -0.4 is 32.3 Å². The second-order valence-electron chi connectivity index (χ2n) is 13.0. The minimum atomic E-state index is -0.445. The average Bonchev–Trinajstić information content (AvgIpc) is 3.71. The first-order valence-corrected chi connectivity index (χ1v) is 17.6. The van der Waals surface area contributed by atoms with Crippen LogP contribution in [0.2, 0.25) is 0 Å². The lowest BCUT2D eigenvalue weighted by molar-refractivity contribution is -0.127. The quantitative estimate of drug-likeness (QED) is 0.112. The number of rotatable bonds is 20. The molecule has 7 N–H and O–H groups in total. The van der Waals surface area contributed by atoms with Crippen LogP contribution in [-0.4, -0.2) is 92.8 Å². The zero-order chi connectivity index (χ0) is 33.3. The first-order valence-electron chi connectivity index (χ1n) is 17.6. The fourth-order valence-corrected chi connectivity index (χ4v) is 6.74. The van der Waals surface area contributed by atoms with Crippen molar-refractivity contribution < 1.29 is 28.7 Å². The van der Waals surface area contributed by atoms with E-state index in [4.69, 9.17) is 15.2 Å². The van der Waals surface area contributed by atoms with E-state index in [0.717, 1.165) is 63.4 Å². The van der Waals surface area contributed by atoms with Gasteiger partial charge in [-0.05, 0) is 82.4 Å². The van der Waals surface area contributed by atoms with Crippen molar-refractivity contribution in [2.24, 2.45) is 17.6 Å². The molecule has 13 heteroatoms. The molecular weight excluding hydrogens is 602 g/mol. The topological polar surface area (TPSA) is 186 Å². The van der Waals surface area contributed by atoms with Crippen LogP contribution in [0, 0.1) is 11.8 Å². The van der Waals surface area contributed by atoms with Crippen molar-refractivity contribution >= 4 is 23.6 Å². The molecule has 3 fully saturated rings. The molecule has 0 unspecified atom stereocenters. The number of nitrogens with two attached hydrogens (primary N) is 1. The van der Waals surface area contributed by atoms with Gasteiger partial charge in [-0.1, -0.05) is 6.07 Å². The maximum atomic E-state index is 12.8. The highest BCUT2D eigenvalue weighted by Gasteiger charge is 2.38. The number of carbonyl (C=O) groups is 4. The molecule has 1 saturated heterocycles. The van der Waals surface area contributed by atoms with E-state index in [1.807, 2.05) is 6.07 Å². The summed E-state index contributed by atoms with van der Waals surface area (Å²) in [6.45, 7) is 4.23. The van der Waals surface area contributed by atoms with E-state index in [2.05, 4.69) is 31.6 Å². The Morgan fingerprint density at radius 1 is 0.915 bits per heavy atom. The molecule has 2 saturated carbocycles. The van der Waals surface area contributed by atoms with E-state index < -0.39 is 5.92 Å². The van der Waals surface area contributed by atoms with E-state index in [-0.39, 0.29) is 54.2 Å². The third-order valence-corrected chi connectivity index (χ3v) is 9.37. The van der Waals surface area contributed by atoms with Gasteiger partial charge in [0.05, 0.1) is 18.1 Å². The van der Waals surface area contributed by atoms with Gasteiger partial charge >= 0.3 is 0 Å². The molecular formula is C34H55N7O6. The molecule has 2 aliphatic carbocycles. The summed E-state index contributed by atoms with van der Waals surface area (Å²) in [5.41, 5.74) is 6.28. The highest BCUT2D eigenvalue weighted by molar-refractivity contribution is 5.90. The van der Waals surface area contributed by atoms with Gasteiger partial charge in [-0.2, -0.15) is 0 Å². The molecule has 47 heavy (non-hydrogen) atoms. The minimum absolute atomic E-state index is 0.0188. The molecule has 262 valence electrons. The lowest BCUT2D eigenvalue weighted by Crippen LogP contribution is -2.41. The Morgan fingerprint density at radius 2 is 1.70 bits per heavy atom. The predicted molar refractivity (Wildman–Crippen MR) is 177 cm³/mol. The van der Waals surface area contributed by atoms with Gasteiger partial charge in [0.1, 0.15) is 0 Å². The Bertz CT molecular complexity index is 1120. The van der Waals surface area contributed by atoms with E-state index in [0.29, 0.717) is 64.9 Å². The monoisotopic (exact) mass is 657 g/mol. The fraction of sp³-hybridized carbons (Fsp3) is 0.735. The maximum Gasteiger partial charge on any atom is 0.226 e. The van der Waals surface area contributed by atoms with Crippen molar-refractivity contribution in [3.8, 4) is 0 Å². The third-order valence-electron chi connectivity index (χ3n) is 9.37. The number of hydrogen-bond donors (Lipinski definition) is 6. The smallest absolute Gasteiger partial charge is 0.226 e. The fourth-order valence-electron chi connectivity index (χ4n) is 6.74. The second-order valence-corrected chi connectivity index (χ2v) is 13.0. The first kappa shape index (κ1) is 36.7.